The van der Waals surface area contributed by atoms with Crippen LogP contribution in [0.2, 0.25) is 0 Å². The number of carbonyl (C=O) groups is 2. The molecule has 0 radical (unpaired) electrons. The van der Waals surface area contributed by atoms with Crippen molar-refractivity contribution in [3.8, 4) is 11.5 Å². The van der Waals surface area contributed by atoms with Crippen LogP contribution in [0.3, 0.4) is 0 Å². The van der Waals surface area contributed by atoms with E-state index in [1.165, 1.54) is 24.3 Å². The number of benzene rings is 1. The fraction of sp³-hybridized carbons (Fsp3) is 0.375. The highest BCUT2D eigenvalue weighted by atomic mass is 16.6. The Balaban J connectivity index is 2.06. The van der Waals surface area contributed by atoms with E-state index in [9.17, 15) is 35.1 Å². The predicted octanol–water partition coefficient (Wildman–Crippen LogP) is -0.646. The minimum atomic E-state index is -2.31. The second-order valence-corrected chi connectivity index (χ2v) is 5.86. The van der Waals surface area contributed by atoms with E-state index in [4.69, 9.17) is 9.84 Å². The van der Waals surface area contributed by atoms with Gasteiger partial charge in [-0.2, -0.15) is 0 Å². The van der Waals surface area contributed by atoms with Crippen LogP contribution in [-0.4, -0.2) is 66.5 Å². The minimum absolute atomic E-state index is 0.327. The Morgan fingerprint density at radius 2 is 1.84 bits per heavy atom. The molecule has 25 heavy (non-hydrogen) atoms. The number of aliphatic hydroxyl groups is 3. The quantitative estimate of drug-likeness (QED) is 0.234. The molecule has 1 aromatic carbocycles. The number of carboxylic acid groups (broad SMARTS) is 1. The second-order valence-electron chi connectivity index (χ2n) is 5.86. The fourth-order valence-electron chi connectivity index (χ4n) is 2.53. The van der Waals surface area contributed by atoms with E-state index in [1.54, 1.807) is 0 Å². The van der Waals surface area contributed by atoms with Crippen LogP contribution in [0.25, 0.3) is 6.08 Å². The lowest BCUT2D eigenvalue weighted by molar-refractivity contribution is -0.196. The van der Waals surface area contributed by atoms with Crippen molar-refractivity contribution < 1.29 is 45.0 Å². The molecule has 1 saturated carbocycles. The molecule has 0 spiro atoms. The molecule has 1 aliphatic rings. The molecule has 0 aromatic heterocycles. The van der Waals surface area contributed by atoms with Crippen molar-refractivity contribution in [2.24, 2.45) is 0 Å². The van der Waals surface area contributed by atoms with Gasteiger partial charge >= 0.3 is 11.9 Å². The van der Waals surface area contributed by atoms with Crippen molar-refractivity contribution in [3.05, 3.63) is 29.8 Å². The molecule has 6 N–H and O–H groups in total. The Morgan fingerprint density at radius 1 is 1.16 bits per heavy atom. The van der Waals surface area contributed by atoms with Crippen LogP contribution in [0.15, 0.2) is 24.3 Å². The van der Waals surface area contributed by atoms with Crippen LogP contribution >= 0.6 is 0 Å². The molecule has 9 nitrogen and oxygen atoms in total. The number of carboxylic acids is 1. The zero-order chi connectivity index (χ0) is 18.8. The molecule has 4 atom stereocenters. The molecule has 9 heteroatoms. The fourth-order valence-corrected chi connectivity index (χ4v) is 2.53. The van der Waals surface area contributed by atoms with E-state index < -0.39 is 48.7 Å². The van der Waals surface area contributed by atoms with Crippen LogP contribution in [-0.2, 0) is 14.3 Å². The molecular weight excluding hydrogens is 336 g/mol. The summed E-state index contributed by atoms with van der Waals surface area (Å²) in [5, 5.41) is 57.0. The number of aromatic hydroxyl groups is 2. The average Bonchev–Trinajstić information content (AvgIpc) is 2.53. The summed E-state index contributed by atoms with van der Waals surface area (Å²) in [7, 11) is 0. The van der Waals surface area contributed by atoms with Gasteiger partial charge in [0, 0.05) is 18.9 Å². The highest BCUT2D eigenvalue weighted by Gasteiger charge is 2.50. The van der Waals surface area contributed by atoms with Gasteiger partial charge in [-0.15, -0.1) is 0 Å². The molecule has 2 unspecified atom stereocenters. The normalized spacial score (nSPS) is 29.5. The van der Waals surface area contributed by atoms with Crippen LogP contribution in [0.1, 0.15) is 18.4 Å². The number of esters is 1. The SMILES string of the molecule is O=C(/C=C/c1ccc(O)c(O)c1)OC1C[C@](O)(C(=O)O)CC(O)[C@@H]1O. The largest absolute Gasteiger partial charge is 0.504 e. The van der Waals surface area contributed by atoms with Crippen molar-refractivity contribution in [2.45, 2.75) is 36.8 Å². The summed E-state index contributed by atoms with van der Waals surface area (Å²) in [6.45, 7) is 0. The van der Waals surface area contributed by atoms with E-state index >= 15 is 0 Å². The molecule has 0 saturated heterocycles. The third-order valence-corrected chi connectivity index (χ3v) is 3.94. The second kappa shape index (κ2) is 7.09. The number of phenols is 2. The van der Waals surface area contributed by atoms with Crippen LogP contribution in [0.5, 0.6) is 11.5 Å². The summed E-state index contributed by atoms with van der Waals surface area (Å²) < 4.78 is 4.92. The van der Waals surface area contributed by atoms with E-state index in [-0.39, 0.29) is 11.5 Å². The lowest BCUT2D eigenvalue weighted by Gasteiger charge is -2.39. The van der Waals surface area contributed by atoms with Crippen molar-refractivity contribution in [3.63, 3.8) is 0 Å². The molecular formula is C16H18O9. The Labute approximate surface area is 142 Å². The molecule has 0 aliphatic heterocycles. The summed E-state index contributed by atoms with van der Waals surface area (Å²) in [6.07, 6.45) is -3.44. The van der Waals surface area contributed by atoms with Gasteiger partial charge in [0.15, 0.2) is 17.1 Å². The first-order valence-electron chi connectivity index (χ1n) is 7.35. The maximum Gasteiger partial charge on any atom is 0.335 e. The van der Waals surface area contributed by atoms with Gasteiger partial charge in [0.1, 0.15) is 12.2 Å². The summed E-state index contributed by atoms with van der Waals surface area (Å²) in [5.41, 5.74) is -1.94. The zero-order valence-electron chi connectivity index (χ0n) is 12.9. The van der Waals surface area contributed by atoms with Gasteiger partial charge in [-0.05, 0) is 23.8 Å². The maximum absolute atomic E-state index is 11.8. The first-order valence-corrected chi connectivity index (χ1v) is 7.35. The summed E-state index contributed by atoms with van der Waals surface area (Å²) >= 11 is 0. The van der Waals surface area contributed by atoms with Gasteiger partial charge in [-0.3, -0.25) is 0 Å². The van der Waals surface area contributed by atoms with E-state index in [2.05, 4.69) is 0 Å². The average molecular weight is 354 g/mol. The van der Waals surface area contributed by atoms with Crippen molar-refractivity contribution in [2.75, 3.05) is 0 Å². The van der Waals surface area contributed by atoms with Gasteiger partial charge in [-0.25, -0.2) is 9.59 Å². The number of phenolic OH excluding ortho intramolecular Hbond substituents is 2. The Morgan fingerprint density at radius 3 is 2.44 bits per heavy atom. The van der Waals surface area contributed by atoms with Gasteiger partial charge in [-0.1, -0.05) is 6.07 Å². The number of rotatable bonds is 4. The van der Waals surface area contributed by atoms with Gasteiger partial charge < -0.3 is 35.4 Å². The monoisotopic (exact) mass is 354 g/mol. The van der Waals surface area contributed by atoms with Crippen molar-refractivity contribution >= 4 is 18.0 Å². The number of hydrogen-bond acceptors (Lipinski definition) is 8. The Hall–Kier alpha value is -2.62. The van der Waals surface area contributed by atoms with E-state index in [0.29, 0.717) is 5.56 Å². The molecule has 0 amide bonds. The third kappa shape index (κ3) is 4.27. The highest BCUT2D eigenvalue weighted by molar-refractivity contribution is 5.87. The first kappa shape index (κ1) is 18.7. The zero-order valence-corrected chi connectivity index (χ0v) is 12.9. The molecule has 1 fully saturated rings. The lowest BCUT2D eigenvalue weighted by atomic mass is 9.79. The minimum Gasteiger partial charge on any atom is -0.504 e. The predicted molar refractivity (Wildman–Crippen MR) is 82.5 cm³/mol. The molecule has 0 bridgehead atoms. The maximum atomic E-state index is 11.8. The number of aliphatic carboxylic acids is 1. The topological polar surface area (TPSA) is 165 Å². The van der Waals surface area contributed by atoms with Gasteiger partial charge in [0.2, 0.25) is 0 Å². The Kier molecular flexibility index (Phi) is 5.31. The van der Waals surface area contributed by atoms with Crippen molar-refractivity contribution in [1.82, 2.24) is 0 Å². The van der Waals surface area contributed by atoms with Crippen LogP contribution < -0.4 is 0 Å². The molecule has 0 heterocycles. The lowest BCUT2D eigenvalue weighted by Crippen LogP contribution is -2.57. The van der Waals surface area contributed by atoms with E-state index in [1.807, 2.05) is 0 Å². The number of carbonyl (C=O) groups excluding carboxylic acids is 1. The number of ether oxygens (including phenoxy) is 1. The highest BCUT2D eigenvalue weighted by Crippen LogP contribution is 2.31. The van der Waals surface area contributed by atoms with Crippen LogP contribution in [0.4, 0.5) is 0 Å². The molecule has 136 valence electrons. The first-order chi connectivity index (χ1) is 11.6. The summed E-state index contributed by atoms with van der Waals surface area (Å²) in [4.78, 5) is 22.9. The number of aliphatic hydroxyl groups excluding tert-OH is 2. The summed E-state index contributed by atoms with van der Waals surface area (Å²) in [6, 6.07) is 3.83. The molecule has 1 aromatic rings. The summed E-state index contributed by atoms with van der Waals surface area (Å²) in [5.74, 6) is -3.24. The van der Waals surface area contributed by atoms with E-state index in [0.717, 1.165) is 6.08 Å². The molecule has 1 aliphatic carbocycles. The van der Waals surface area contributed by atoms with Gasteiger partial charge in [0.05, 0.1) is 6.10 Å². The standard InChI is InChI=1S/C16H18O9/c17-9-3-1-8(5-10(9)18)2-4-13(20)25-12-7-16(24,15(22)23)6-11(19)14(12)21/h1-5,11-12,14,17-19,21,24H,6-7H2,(H,22,23)/b4-2+/t11?,12?,14-,16-/m0/s1. The smallest absolute Gasteiger partial charge is 0.335 e. The third-order valence-electron chi connectivity index (χ3n) is 3.94. The number of hydrogen-bond donors (Lipinski definition) is 6. The van der Waals surface area contributed by atoms with Crippen LogP contribution in [0, 0.1) is 0 Å². The Bertz CT molecular complexity index is 699. The van der Waals surface area contributed by atoms with Crippen molar-refractivity contribution in [1.29, 1.82) is 0 Å². The van der Waals surface area contributed by atoms with Gasteiger partial charge in [0.25, 0.3) is 0 Å². The molecule has 2 rings (SSSR count).